The number of ether oxygens (including phenoxy) is 1. The Balaban J connectivity index is 1.57. The lowest BCUT2D eigenvalue weighted by Gasteiger charge is -2.16. The number of benzene rings is 1. The fourth-order valence-corrected chi connectivity index (χ4v) is 4.17. The zero-order valence-corrected chi connectivity index (χ0v) is 13.6. The molecule has 1 N–H and O–H groups in total. The average molecular weight is 291 g/mol. The predicted molar refractivity (Wildman–Crippen MR) is 86.6 cm³/mol. The zero-order valence-electron chi connectivity index (χ0n) is 12.7. The molecule has 2 atom stereocenters. The Bertz CT molecular complexity index is 486. The van der Waals surface area contributed by atoms with Gasteiger partial charge in [-0.15, -0.1) is 0 Å². The largest absolute Gasteiger partial charge is 0.487 e. The van der Waals surface area contributed by atoms with Gasteiger partial charge >= 0.3 is 0 Å². The van der Waals surface area contributed by atoms with E-state index in [-0.39, 0.29) is 5.60 Å². The molecule has 0 spiro atoms. The highest BCUT2D eigenvalue weighted by Gasteiger charge is 2.30. The van der Waals surface area contributed by atoms with Gasteiger partial charge in [0, 0.05) is 24.3 Å². The molecule has 1 aromatic rings. The molecule has 0 bridgehead atoms. The highest BCUT2D eigenvalue weighted by molar-refractivity contribution is 7.99. The van der Waals surface area contributed by atoms with Crippen molar-refractivity contribution in [3.05, 3.63) is 29.3 Å². The summed E-state index contributed by atoms with van der Waals surface area (Å²) in [5.74, 6) is 1.07. The summed E-state index contributed by atoms with van der Waals surface area (Å²) in [7, 11) is 0. The van der Waals surface area contributed by atoms with E-state index in [9.17, 15) is 0 Å². The number of thioether (sulfide) groups is 1. The van der Waals surface area contributed by atoms with Crippen molar-refractivity contribution in [1.82, 2.24) is 5.32 Å². The average Bonchev–Trinajstić information content (AvgIpc) is 2.97. The molecule has 1 aliphatic heterocycles. The molecular formula is C17H25NOS. The summed E-state index contributed by atoms with van der Waals surface area (Å²) in [5.41, 5.74) is 2.71. The highest BCUT2D eigenvalue weighted by atomic mass is 32.2. The topological polar surface area (TPSA) is 21.3 Å². The second-order valence-corrected chi connectivity index (χ2v) is 7.87. The van der Waals surface area contributed by atoms with Crippen molar-refractivity contribution in [2.24, 2.45) is 0 Å². The van der Waals surface area contributed by atoms with Crippen molar-refractivity contribution in [2.45, 2.75) is 63.0 Å². The lowest BCUT2D eigenvalue weighted by Crippen LogP contribution is -2.26. The second kappa shape index (κ2) is 5.61. The van der Waals surface area contributed by atoms with Crippen LogP contribution in [0, 0.1) is 0 Å². The molecule has 1 aromatic carbocycles. The van der Waals surface area contributed by atoms with Crippen LogP contribution in [0.25, 0.3) is 0 Å². The van der Waals surface area contributed by atoms with Gasteiger partial charge in [0.25, 0.3) is 0 Å². The molecule has 2 nitrogen and oxygen atoms in total. The third-order valence-corrected chi connectivity index (χ3v) is 5.53. The van der Waals surface area contributed by atoms with E-state index < -0.39 is 0 Å². The van der Waals surface area contributed by atoms with E-state index in [0.717, 1.165) is 24.0 Å². The number of hydrogen-bond acceptors (Lipinski definition) is 3. The minimum atomic E-state index is -0.0363. The van der Waals surface area contributed by atoms with E-state index in [2.05, 4.69) is 43.6 Å². The Kier molecular flexibility index (Phi) is 4.00. The third-order valence-electron chi connectivity index (χ3n) is 4.44. The van der Waals surface area contributed by atoms with Crippen molar-refractivity contribution in [2.75, 3.05) is 6.26 Å². The van der Waals surface area contributed by atoms with Crippen LogP contribution < -0.4 is 10.1 Å². The van der Waals surface area contributed by atoms with Crippen molar-refractivity contribution >= 4 is 11.8 Å². The molecule has 1 aliphatic carbocycles. The van der Waals surface area contributed by atoms with Gasteiger partial charge in [0.2, 0.25) is 0 Å². The molecular weight excluding hydrogens is 266 g/mol. The summed E-state index contributed by atoms with van der Waals surface area (Å²) < 4.78 is 5.93. The van der Waals surface area contributed by atoms with Crippen molar-refractivity contribution in [1.29, 1.82) is 0 Å². The SMILES string of the molecule is CSC1CCC(NCc2ccc3c(c2)CC(C)(C)O3)C1. The molecule has 3 heteroatoms. The van der Waals surface area contributed by atoms with Crippen molar-refractivity contribution in [3.63, 3.8) is 0 Å². The van der Waals surface area contributed by atoms with Gasteiger partial charge in [-0.25, -0.2) is 0 Å². The Morgan fingerprint density at radius 3 is 2.95 bits per heavy atom. The molecule has 1 heterocycles. The molecule has 1 fully saturated rings. The summed E-state index contributed by atoms with van der Waals surface area (Å²) in [5, 5.41) is 4.58. The molecule has 110 valence electrons. The van der Waals surface area contributed by atoms with Crippen LogP contribution in [0.1, 0.15) is 44.2 Å². The first-order valence-electron chi connectivity index (χ1n) is 7.63. The molecule has 0 amide bonds. The fourth-order valence-electron chi connectivity index (χ4n) is 3.37. The van der Waals surface area contributed by atoms with Crippen LogP contribution in [0.3, 0.4) is 0 Å². The molecule has 2 unspecified atom stereocenters. The van der Waals surface area contributed by atoms with Crippen LogP contribution in [0.5, 0.6) is 5.75 Å². The molecule has 3 rings (SSSR count). The third kappa shape index (κ3) is 3.15. The van der Waals surface area contributed by atoms with Crippen LogP contribution in [-0.4, -0.2) is 23.1 Å². The van der Waals surface area contributed by atoms with Gasteiger partial charge in [-0.2, -0.15) is 11.8 Å². The van der Waals surface area contributed by atoms with Crippen LogP contribution >= 0.6 is 11.8 Å². The fraction of sp³-hybridized carbons (Fsp3) is 0.647. The molecule has 0 radical (unpaired) electrons. The van der Waals surface area contributed by atoms with E-state index in [1.165, 1.54) is 30.4 Å². The van der Waals surface area contributed by atoms with E-state index in [1.807, 2.05) is 11.8 Å². The summed E-state index contributed by atoms with van der Waals surface area (Å²) in [6, 6.07) is 7.36. The predicted octanol–water partition coefficient (Wildman–Crippen LogP) is 3.77. The number of rotatable bonds is 4. The van der Waals surface area contributed by atoms with E-state index >= 15 is 0 Å². The van der Waals surface area contributed by atoms with Gasteiger partial charge in [0.1, 0.15) is 11.4 Å². The molecule has 20 heavy (non-hydrogen) atoms. The second-order valence-electron chi connectivity index (χ2n) is 6.73. The van der Waals surface area contributed by atoms with E-state index in [1.54, 1.807) is 0 Å². The first kappa shape index (κ1) is 14.3. The summed E-state index contributed by atoms with van der Waals surface area (Å²) >= 11 is 2.02. The maximum absolute atomic E-state index is 5.93. The van der Waals surface area contributed by atoms with Gasteiger partial charge in [0.05, 0.1) is 0 Å². The lowest BCUT2D eigenvalue weighted by atomic mass is 10.00. The Labute approximate surface area is 126 Å². The Morgan fingerprint density at radius 2 is 2.20 bits per heavy atom. The summed E-state index contributed by atoms with van der Waals surface area (Å²) in [6.07, 6.45) is 7.27. The van der Waals surface area contributed by atoms with Gasteiger partial charge in [-0.05, 0) is 56.6 Å². The van der Waals surface area contributed by atoms with Gasteiger partial charge in [-0.1, -0.05) is 12.1 Å². The number of nitrogens with one attached hydrogen (secondary N) is 1. The van der Waals surface area contributed by atoms with Gasteiger partial charge < -0.3 is 10.1 Å². The molecule has 0 saturated heterocycles. The highest BCUT2D eigenvalue weighted by Crippen LogP contribution is 2.35. The monoisotopic (exact) mass is 291 g/mol. The van der Waals surface area contributed by atoms with Crippen molar-refractivity contribution in [3.8, 4) is 5.75 Å². The minimum absolute atomic E-state index is 0.0363. The minimum Gasteiger partial charge on any atom is -0.487 e. The van der Waals surface area contributed by atoms with E-state index in [4.69, 9.17) is 4.74 Å². The number of hydrogen-bond donors (Lipinski definition) is 1. The van der Waals surface area contributed by atoms with Crippen molar-refractivity contribution < 1.29 is 4.74 Å². The Hall–Kier alpha value is -0.670. The molecule has 1 saturated carbocycles. The van der Waals surface area contributed by atoms with E-state index in [0.29, 0.717) is 6.04 Å². The maximum Gasteiger partial charge on any atom is 0.123 e. The molecule has 2 aliphatic rings. The zero-order chi connectivity index (χ0) is 14.2. The first-order chi connectivity index (χ1) is 9.55. The maximum atomic E-state index is 5.93. The summed E-state index contributed by atoms with van der Waals surface area (Å²) in [4.78, 5) is 0. The first-order valence-corrected chi connectivity index (χ1v) is 8.91. The normalized spacial score (nSPS) is 27.4. The Morgan fingerprint density at radius 1 is 1.35 bits per heavy atom. The van der Waals surface area contributed by atoms with Gasteiger partial charge in [0.15, 0.2) is 0 Å². The molecule has 0 aromatic heterocycles. The van der Waals surface area contributed by atoms with Crippen LogP contribution in [0.2, 0.25) is 0 Å². The standard InChI is InChI=1S/C17H25NOS/c1-17(2)10-13-8-12(4-7-16(13)19-17)11-18-14-5-6-15(9-14)20-3/h4,7-8,14-15,18H,5-6,9-11H2,1-3H3. The van der Waals surface area contributed by atoms with Crippen LogP contribution in [0.15, 0.2) is 18.2 Å². The quantitative estimate of drug-likeness (QED) is 0.912. The lowest BCUT2D eigenvalue weighted by molar-refractivity contribution is 0.138. The van der Waals surface area contributed by atoms with Crippen LogP contribution in [0.4, 0.5) is 0 Å². The van der Waals surface area contributed by atoms with Crippen LogP contribution in [-0.2, 0) is 13.0 Å². The smallest absolute Gasteiger partial charge is 0.123 e. The summed E-state index contributed by atoms with van der Waals surface area (Å²) in [6.45, 7) is 5.30. The van der Waals surface area contributed by atoms with Gasteiger partial charge in [-0.3, -0.25) is 0 Å². The number of fused-ring (bicyclic) bond motifs is 1.